The lowest BCUT2D eigenvalue weighted by Gasteiger charge is -2.25. The molecule has 5 heteroatoms. The van der Waals surface area contributed by atoms with Crippen molar-refractivity contribution in [3.05, 3.63) is 39.9 Å². The van der Waals surface area contributed by atoms with Gasteiger partial charge in [0.1, 0.15) is 0 Å². The standard InChI is InChI=1S/C15H21N3O2/c1-11(12-4-2-5-13(10-12)18(19)20)16-14-7-9-17-8-3-6-15(14)17/h2,4-5,10-11,14-16H,3,6-9H2,1H3. The number of non-ortho nitro benzene ring substituents is 1. The Labute approximate surface area is 119 Å². The van der Waals surface area contributed by atoms with Crippen molar-refractivity contribution in [1.82, 2.24) is 10.2 Å². The first-order valence-electron chi connectivity index (χ1n) is 7.39. The van der Waals surface area contributed by atoms with Crippen LogP contribution in [0, 0.1) is 10.1 Å². The average Bonchev–Trinajstić information content (AvgIpc) is 3.04. The van der Waals surface area contributed by atoms with Crippen molar-refractivity contribution in [3.8, 4) is 0 Å². The summed E-state index contributed by atoms with van der Waals surface area (Å²) < 4.78 is 0. The third-order valence-corrected chi connectivity index (χ3v) is 4.65. The molecule has 0 bridgehead atoms. The summed E-state index contributed by atoms with van der Waals surface area (Å²) in [4.78, 5) is 13.1. The molecule has 1 aromatic carbocycles. The summed E-state index contributed by atoms with van der Waals surface area (Å²) in [6, 6.07) is 8.29. The largest absolute Gasteiger partial charge is 0.306 e. The van der Waals surface area contributed by atoms with Crippen LogP contribution in [-0.4, -0.2) is 35.0 Å². The highest BCUT2D eigenvalue weighted by Gasteiger charge is 2.37. The van der Waals surface area contributed by atoms with E-state index in [4.69, 9.17) is 0 Å². The van der Waals surface area contributed by atoms with Gasteiger partial charge in [0, 0.05) is 36.8 Å². The van der Waals surface area contributed by atoms with Gasteiger partial charge in [0.2, 0.25) is 0 Å². The number of hydrogen-bond donors (Lipinski definition) is 1. The summed E-state index contributed by atoms with van der Waals surface area (Å²) in [5, 5.41) is 14.5. The molecule has 2 aliphatic heterocycles. The molecule has 0 spiro atoms. The number of nitro benzene ring substituents is 1. The molecule has 0 radical (unpaired) electrons. The second-order valence-electron chi connectivity index (χ2n) is 5.88. The fourth-order valence-electron chi connectivity index (χ4n) is 3.60. The Balaban J connectivity index is 1.68. The number of benzene rings is 1. The molecule has 2 heterocycles. The van der Waals surface area contributed by atoms with E-state index in [1.54, 1.807) is 18.2 Å². The second-order valence-corrected chi connectivity index (χ2v) is 5.88. The van der Waals surface area contributed by atoms with Crippen LogP contribution in [0.25, 0.3) is 0 Å². The lowest BCUT2D eigenvalue weighted by Crippen LogP contribution is -2.40. The molecule has 1 aromatic rings. The summed E-state index contributed by atoms with van der Waals surface area (Å²) in [6.07, 6.45) is 3.76. The number of nitro groups is 1. The first kappa shape index (κ1) is 13.5. The molecule has 0 saturated carbocycles. The molecule has 0 amide bonds. The first-order chi connectivity index (χ1) is 9.65. The van der Waals surface area contributed by atoms with Crippen LogP contribution in [0.3, 0.4) is 0 Å². The lowest BCUT2D eigenvalue weighted by molar-refractivity contribution is -0.384. The van der Waals surface area contributed by atoms with Crippen LogP contribution in [0.15, 0.2) is 24.3 Å². The number of fused-ring (bicyclic) bond motifs is 1. The zero-order valence-electron chi connectivity index (χ0n) is 11.8. The average molecular weight is 275 g/mol. The molecule has 3 rings (SSSR count). The number of hydrogen-bond acceptors (Lipinski definition) is 4. The van der Waals surface area contributed by atoms with E-state index in [1.165, 1.54) is 32.4 Å². The minimum Gasteiger partial charge on any atom is -0.306 e. The smallest absolute Gasteiger partial charge is 0.269 e. The Kier molecular flexibility index (Phi) is 3.72. The van der Waals surface area contributed by atoms with Crippen molar-refractivity contribution in [2.75, 3.05) is 13.1 Å². The SMILES string of the molecule is CC(NC1CCN2CCCC12)c1cccc([N+](=O)[O-])c1. The Bertz CT molecular complexity index is 506. The quantitative estimate of drug-likeness (QED) is 0.677. The van der Waals surface area contributed by atoms with Crippen LogP contribution in [-0.2, 0) is 0 Å². The summed E-state index contributed by atoms with van der Waals surface area (Å²) in [7, 11) is 0. The molecule has 3 atom stereocenters. The second kappa shape index (κ2) is 5.50. The van der Waals surface area contributed by atoms with E-state index in [9.17, 15) is 10.1 Å². The molecule has 2 saturated heterocycles. The Hall–Kier alpha value is -1.46. The molecule has 2 aliphatic rings. The number of rotatable bonds is 4. The molecule has 0 aromatic heterocycles. The summed E-state index contributed by atoms with van der Waals surface area (Å²) in [6.45, 7) is 4.51. The molecular weight excluding hydrogens is 254 g/mol. The predicted molar refractivity (Wildman–Crippen MR) is 77.6 cm³/mol. The topological polar surface area (TPSA) is 58.4 Å². The van der Waals surface area contributed by atoms with Gasteiger partial charge in [-0.3, -0.25) is 15.0 Å². The zero-order chi connectivity index (χ0) is 14.1. The van der Waals surface area contributed by atoms with Crippen LogP contribution < -0.4 is 5.32 Å². The van der Waals surface area contributed by atoms with Gasteiger partial charge in [0.15, 0.2) is 0 Å². The normalized spacial score (nSPS) is 27.4. The van der Waals surface area contributed by atoms with E-state index in [2.05, 4.69) is 17.1 Å². The van der Waals surface area contributed by atoms with E-state index >= 15 is 0 Å². The maximum Gasteiger partial charge on any atom is 0.269 e. The van der Waals surface area contributed by atoms with Gasteiger partial charge < -0.3 is 5.32 Å². The Morgan fingerprint density at radius 3 is 3.05 bits per heavy atom. The van der Waals surface area contributed by atoms with Crippen molar-refractivity contribution in [2.45, 2.75) is 44.3 Å². The summed E-state index contributed by atoms with van der Waals surface area (Å²) in [5.74, 6) is 0. The Morgan fingerprint density at radius 1 is 1.40 bits per heavy atom. The van der Waals surface area contributed by atoms with Crippen LogP contribution >= 0.6 is 0 Å². The van der Waals surface area contributed by atoms with E-state index in [0.717, 1.165) is 5.56 Å². The highest BCUT2D eigenvalue weighted by molar-refractivity contribution is 5.35. The third-order valence-electron chi connectivity index (χ3n) is 4.65. The fraction of sp³-hybridized carbons (Fsp3) is 0.600. The van der Waals surface area contributed by atoms with Gasteiger partial charge in [0.05, 0.1) is 4.92 Å². The number of nitrogens with one attached hydrogen (secondary N) is 1. The molecule has 0 aliphatic carbocycles. The minimum atomic E-state index is -0.329. The molecule has 108 valence electrons. The summed E-state index contributed by atoms with van der Waals surface area (Å²) >= 11 is 0. The maximum atomic E-state index is 10.8. The Morgan fingerprint density at radius 2 is 2.25 bits per heavy atom. The highest BCUT2D eigenvalue weighted by atomic mass is 16.6. The predicted octanol–water partition coefficient (Wildman–Crippen LogP) is 2.48. The molecular formula is C15H21N3O2. The van der Waals surface area contributed by atoms with Gasteiger partial charge in [-0.1, -0.05) is 12.1 Å². The van der Waals surface area contributed by atoms with Crippen molar-refractivity contribution < 1.29 is 4.92 Å². The molecule has 20 heavy (non-hydrogen) atoms. The van der Waals surface area contributed by atoms with Gasteiger partial charge >= 0.3 is 0 Å². The van der Waals surface area contributed by atoms with Crippen molar-refractivity contribution in [2.24, 2.45) is 0 Å². The molecule has 3 unspecified atom stereocenters. The fourth-order valence-corrected chi connectivity index (χ4v) is 3.60. The van der Waals surface area contributed by atoms with Crippen molar-refractivity contribution >= 4 is 5.69 Å². The molecule has 1 N–H and O–H groups in total. The zero-order valence-corrected chi connectivity index (χ0v) is 11.8. The van der Waals surface area contributed by atoms with Crippen LogP contribution in [0.4, 0.5) is 5.69 Å². The van der Waals surface area contributed by atoms with E-state index < -0.39 is 0 Å². The first-order valence-corrected chi connectivity index (χ1v) is 7.39. The van der Waals surface area contributed by atoms with E-state index in [0.29, 0.717) is 12.1 Å². The number of nitrogens with zero attached hydrogens (tertiary/aromatic N) is 2. The van der Waals surface area contributed by atoms with E-state index in [-0.39, 0.29) is 16.7 Å². The van der Waals surface area contributed by atoms with Gasteiger partial charge in [0.25, 0.3) is 5.69 Å². The lowest BCUT2D eigenvalue weighted by atomic mass is 10.0. The van der Waals surface area contributed by atoms with Gasteiger partial charge in [-0.15, -0.1) is 0 Å². The van der Waals surface area contributed by atoms with E-state index in [1.807, 2.05) is 6.07 Å². The van der Waals surface area contributed by atoms with Crippen molar-refractivity contribution in [3.63, 3.8) is 0 Å². The van der Waals surface area contributed by atoms with Crippen LogP contribution in [0.1, 0.15) is 37.8 Å². The molecule has 2 fully saturated rings. The third kappa shape index (κ3) is 2.55. The van der Waals surface area contributed by atoms with Crippen LogP contribution in [0.2, 0.25) is 0 Å². The van der Waals surface area contributed by atoms with Gasteiger partial charge in [-0.2, -0.15) is 0 Å². The van der Waals surface area contributed by atoms with Gasteiger partial charge in [-0.25, -0.2) is 0 Å². The van der Waals surface area contributed by atoms with Gasteiger partial charge in [-0.05, 0) is 38.3 Å². The van der Waals surface area contributed by atoms with Crippen LogP contribution in [0.5, 0.6) is 0 Å². The summed E-state index contributed by atoms with van der Waals surface area (Å²) in [5.41, 5.74) is 1.17. The molecule has 5 nitrogen and oxygen atoms in total. The van der Waals surface area contributed by atoms with Crippen molar-refractivity contribution in [1.29, 1.82) is 0 Å². The highest BCUT2D eigenvalue weighted by Crippen LogP contribution is 2.30. The maximum absolute atomic E-state index is 10.8. The monoisotopic (exact) mass is 275 g/mol. The minimum absolute atomic E-state index is 0.153.